The summed E-state index contributed by atoms with van der Waals surface area (Å²) in [6.45, 7) is 2.06. The van der Waals surface area contributed by atoms with Gasteiger partial charge in [-0.25, -0.2) is 9.97 Å². The third-order valence-electron chi connectivity index (χ3n) is 6.51. The maximum atomic E-state index is 12.7. The van der Waals surface area contributed by atoms with E-state index in [1.165, 1.54) is 24.5 Å². The van der Waals surface area contributed by atoms with E-state index in [-0.39, 0.29) is 29.7 Å². The van der Waals surface area contributed by atoms with Crippen LogP contribution in [-0.4, -0.2) is 52.4 Å². The molecular formula is C22H23F3N4O3. The van der Waals surface area contributed by atoms with Gasteiger partial charge in [-0.05, 0) is 48.4 Å². The Balaban J connectivity index is 1.25. The topological polar surface area (TPSA) is 76.6 Å². The normalized spacial score (nSPS) is 19.7. The van der Waals surface area contributed by atoms with Gasteiger partial charge in [-0.1, -0.05) is 12.5 Å². The van der Waals surface area contributed by atoms with Crippen molar-refractivity contribution in [1.29, 1.82) is 0 Å². The number of carbonyl (C=O) groups is 1. The van der Waals surface area contributed by atoms with Crippen LogP contribution in [0.15, 0.2) is 30.6 Å². The van der Waals surface area contributed by atoms with E-state index in [9.17, 15) is 18.0 Å². The summed E-state index contributed by atoms with van der Waals surface area (Å²) in [5.41, 5.74) is 1.73. The second kappa shape index (κ2) is 7.91. The van der Waals surface area contributed by atoms with Gasteiger partial charge in [-0.3, -0.25) is 4.79 Å². The lowest BCUT2D eigenvalue weighted by Crippen LogP contribution is -2.72. The van der Waals surface area contributed by atoms with Crippen LogP contribution in [-0.2, 0) is 11.3 Å². The van der Waals surface area contributed by atoms with Gasteiger partial charge in [0.1, 0.15) is 5.75 Å². The molecule has 0 unspecified atom stereocenters. The number of alkyl halides is 3. The van der Waals surface area contributed by atoms with Gasteiger partial charge < -0.3 is 19.7 Å². The number of likely N-dealkylation sites (tertiary alicyclic amines) is 1. The van der Waals surface area contributed by atoms with Crippen molar-refractivity contribution >= 4 is 11.9 Å². The summed E-state index contributed by atoms with van der Waals surface area (Å²) in [5, 5.41) is 3.01. The third-order valence-corrected chi connectivity index (χ3v) is 6.51. The smallest absolute Gasteiger partial charge is 0.406 e. The molecule has 1 aliphatic carbocycles. The second-order valence-electron chi connectivity index (χ2n) is 8.66. The summed E-state index contributed by atoms with van der Waals surface area (Å²) in [6, 6.07) is 4.72. The Morgan fingerprint density at radius 2 is 1.97 bits per heavy atom. The maximum absolute atomic E-state index is 12.7. The zero-order valence-corrected chi connectivity index (χ0v) is 17.3. The molecule has 2 aromatic rings. The highest BCUT2D eigenvalue weighted by molar-refractivity contribution is 5.95. The van der Waals surface area contributed by atoms with Crippen LogP contribution in [0.4, 0.5) is 19.1 Å². The summed E-state index contributed by atoms with van der Waals surface area (Å²) in [5.74, 6) is 0.217. The predicted molar refractivity (Wildman–Crippen MR) is 108 cm³/mol. The van der Waals surface area contributed by atoms with E-state index in [2.05, 4.69) is 20.0 Å². The van der Waals surface area contributed by atoms with E-state index in [0.29, 0.717) is 36.8 Å². The lowest BCUT2D eigenvalue weighted by atomic mass is 9.79. The van der Waals surface area contributed by atoms with E-state index in [4.69, 9.17) is 4.74 Å². The molecule has 170 valence electrons. The third kappa shape index (κ3) is 4.11. The highest BCUT2D eigenvalue weighted by Gasteiger charge is 2.53. The standard InChI is InChI=1S/C22H23F3N4O3/c23-22(24,25)32-18-7-14(6-16(8-18)15-2-1-3-15)9-26-20-27-10-17(11-28-20)19(30)29-5-4-21(29)12-31-13-21/h6-8,10-11,15H,1-5,9,12-13H2,(H,26,27,28). The van der Waals surface area contributed by atoms with E-state index >= 15 is 0 Å². The van der Waals surface area contributed by atoms with Gasteiger partial charge in [-0.15, -0.1) is 13.2 Å². The first-order valence-electron chi connectivity index (χ1n) is 10.7. The molecule has 1 amide bonds. The van der Waals surface area contributed by atoms with Gasteiger partial charge in [0.05, 0.1) is 24.3 Å². The predicted octanol–water partition coefficient (Wildman–Crippen LogP) is 3.87. The van der Waals surface area contributed by atoms with E-state index in [0.717, 1.165) is 31.2 Å². The number of rotatable bonds is 6. The van der Waals surface area contributed by atoms with Crippen molar-refractivity contribution in [2.75, 3.05) is 25.1 Å². The lowest BCUT2D eigenvalue weighted by Gasteiger charge is -2.57. The van der Waals surface area contributed by atoms with Crippen molar-refractivity contribution in [1.82, 2.24) is 14.9 Å². The van der Waals surface area contributed by atoms with Crippen LogP contribution in [0.25, 0.3) is 0 Å². The first-order valence-corrected chi connectivity index (χ1v) is 10.7. The number of benzene rings is 1. The molecule has 3 aliphatic rings. The molecule has 10 heteroatoms. The number of anilines is 1. The van der Waals surface area contributed by atoms with E-state index in [1.54, 1.807) is 4.90 Å². The number of amides is 1. The Morgan fingerprint density at radius 3 is 2.50 bits per heavy atom. The number of hydrogen-bond acceptors (Lipinski definition) is 6. The van der Waals surface area contributed by atoms with Crippen LogP contribution >= 0.6 is 0 Å². The summed E-state index contributed by atoms with van der Waals surface area (Å²) in [7, 11) is 0. The first kappa shape index (κ1) is 21.0. The molecule has 1 N–H and O–H groups in total. The van der Waals surface area contributed by atoms with E-state index < -0.39 is 6.36 Å². The monoisotopic (exact) mass is 448 g/mol. The van der Waals surface area contributed by atoms with Gasteiger partial charge in [0.15, 0.2) is 0 Å². The molecule has 3 fully saturated rings. The molecule has 0 bridgehead atoms. The van der Waals surface area contributed by atoms with Crippen LogP contribution in [0.1, 0.15) is 53.1 Å². The molecule has 7 nitrogen and oxygen atoms in total. The van der Waals surface area contributed by atoms with Crippen molar-refractivity contribution in [3.8, 4) is 5.75 Å². The van der Waals surface area contributed by atoms with Crippen molar-refractivity contribution in [2.24, 2.45) is 0 Å². The minimum atomic E-state index is -4.74. The van der Waals surface area contributed by atoms with Gasteiger partial charge >= 0.3 is 6.36 Å². The summed E-state index contributed by atoms with van der Waals surface area (Å²) >= 11 is 0. The number of halogens is 3. The molecule has 2 saturated heterocycles. The highest BCUT2D eigenvalue weighted by atomic mass is 19.4. The molecule has 32 heavy (non-hydrogen) atoms. The van der Waals surface area contributed by atoms with Gasteiger partial charge in [0.25, 0.3) is 5.91 Å². The summed E-state index contributed by atoms with van der Waals surface area (Å²) < 4.78 is 47.6. The van der Waals surface area contributed by atoms with Crippen LogP contribution in [0, 0.1) is 0 Å². The molecule has 1 spiro atoms. The van der Waals surface area contributed by atoms with Gasteiger partial charge in [0.2, 0.25) is 5.95 Å². The highest BCUT2D eigenvalue weighted by Crippen LogP contribution is 2.39. The molecule has 0 radical (unpaired) electrons. The Kier molecular flexibility index (Phi) is 5.19. The average Bonchev–Trinajstić information content (AvgIpc) is 2.62. The van der Waals surface area contributed by atoms with Crippen molar-refractivity contribution < 1.29 is 27.4 Å². The van der Waals surface area contributed by atoms with Gasteiger partial charge in [0, 0.05) is 25.5 Å². The van der Waals surface area contributed by atoms with Crippen molar-refractivity contribution in [2.45, 2.75) is 50.0 Å². The Labute approximate surface area is 182 Å². The molecule has 0 atom stereocenters. The molecule has 2 aliphatic heterocycles. The number of hydrogen-bond donors (Lipinski definition) is 1. The lowest BCUT2D eigenvalue weighted by molar-refractivity contribution is -0.274. The van der Waals surface area contributed by atoms with Gasteiger partial charge in [-0.2, -0.15) is 0 Å². The molecule has 1 saturated carbocycles. The average molecular weight is 448 g/mol. The van der Waals surface area contributed by atoms with Crippen LogP contribution in [0.3, 0.4) is 0 Å². The molecule has 1 aromatic carbocycles. The molecule has 3 heterocycles. The first-order chi connectivity index (χ1) is 15.3. The SMILES string of the molecule is O=C(c1cnc(NCc2cc(OC(F)(F)F)cc(C3CCC3)c2)nc1)N1CCC12COC2. The number of carbonyl (C=O) groups excluding carboxylic acids is 1. The Bertz CT molecular complexity index is 999. The fraction of sp³-hybridized carbons (Fsp3) is 0.500. The van der Waals surface area contributed by atoms with Crippen LogP contribution < -0.4 is 10.1 Å². The minimum absolute atomic E-state index is 0.117. The number of ether oxygens (including phenoxy) is 2. The summed E-state index contributed by atoms with van der Waals surface area (Å²) in [6.07, 6.45) is 2.14. The van der Waals surface area contributed by atoms with Crippen molar-refractivity contribution in [3.63, 3.8) is 0 Å². The summed E-state index contributed by atoms with van der Waals surface area (Å²) in [4.78, 5) is 22.9. The van der Waals surface area contributed by atoms with Crippen LogP contribution in [0.5, 0.6) is 5.75 Å². The fourth-order valence-electron chi connectivity index (χ4n) is 4.32. The maximum Gasteiger partial charge on any atom is 0.573 e. The number of nitrogens with one attached hydrogen (secondary N) is 1. The van der Waals surface area contributed by atoms with Crippen LogP contribution in [0.2, 0.25) is 0 Å². The zero-order valence-electron chi connectivity index (χ0n) is 17.3. The fourth-order valence-corrected chi connectivity index (χ4v) is 4.32. The van der Waals surface area contributed by atoms with E-state index in [1.807, 2.05) is 6.07 Å². The molecule has 1 aromatic heterocycles. The largest absolute Gasteiger partial charge is 0.573 e. The minimum Gasteiger partial charge on any atom is -0.406 e. The number of aromatic nitrogens is 2. The number of nitrogens with zero attached hydrogens (tertiary/aromatic N) is 3. The zero-order chi connectivity index (χ0) is 22.3. The molecular weight excluding hydrogens is 425 g/mol. The Morgan fingerprint density at radius 1 is 1.22 bits per heavy atom. The quantitative estimate of drug-likeness (QED) is 0.723. The molecule has 5 rings (SSSR count). The van der Waals surface area contributed by atoms with Crippen molar-refractivity contribution in [3.05, 3.63) is 47.3 Å². The second-order valence-corrected chi connectivity index (χ2v) is 8.66. The Hall–Kier alpha value is -2.88.